The summed E-state index contributed by atoms with van der Waals surface area (Å²) in [5.41, 5.74) is 0.214. The molecular weight excluding hydrogens is 393 g/mol. The Morgan fingerprint density at radius 3 is 2.71 bits per heavy atom. The molecule has 2 amide bonds. The van der Waals surface area contributed by atoms with Gasteiger partial charge in [-0.05, 0) is 30.3 Å². The normalized spacial score (nSPS) is 16.8. The van der Waals surface area contributed by atoms with Crippen LogP contribution in [0.1, 0.15) is 6.42 Å². The van der Waals surface area contributed by atoms with E-state index in [1.54, 1.807) is 30.3 Å². The lowest BCUT2D eigenvalue weighted by atomic mass is 10.1. The molecule has 0 fully saturated rings. The van der Waals surface area contributed by atoms with Crippen LogP contribution in [0.15, 0.2) is 53.4 Å². The fourth-order valence-electron chi connectivity index (χ4n) is 2.90. The molecular formula is C19H17F3N2O3S. The van der Waals surface area contributed by atoms with E-state index >= 15 is 0 Å². The number of amides is 2. The number of nitrogens with zero attached hydrogens (tertiary/aromatic N) is 1. The van der Waals surface area contributed by atoms with Crippen LogP contribution in [0, 0.1) is 0 Å². The number of thioether (sulfide) groups is 1. The Morgan fingerprint density at radius 2 is 2.00 bits per heavy atom. The van der Waals surface area contributed by atoms with E-state index in [4.69, 9.17) is 4.74 Å². The Kier molecular flexibility index (Phi) is 5.83. The zero-order chi connectivity index (χ0) is 20.3. The molecule has 0 bridgehead atoms. The third-order valence-corrected chi connectivity index (χ3v) is 5.16. The maximum absolute atomic E-state index is 13.7. The maximum Gasteiger partial charge on any atom is 0.409 e. The third kappa shape index (κ3) is 4.41. The minimum absolute atomic E-state index is 0.0342. The number of hydrogen-bond acceptors (Lipinski definition) is 4. The molecule has 1 N–H and O–H groups in total. The minimum atomic E-state index is -4.74. The molecule has 1 atom stereocenters. The van der Waals surface area contributed by atoms with Crippen molar-refractivity contribution in [2.24, 2.45) is 0 Å². The fourth-order valence-corrected chi connectivity index (χ4v) is 3.70. The van der Waals surface area contributed by atoms with Gasteiger partial charge in [-0.2, -0.15) is 13.2 Å². The van der Waals surface area contributed by atoms with Crippen LogP contribution in [0.3, 0.4) is 0 Å². The predicted molar refractivity (Wildman–Crippen MR) is 101 cm³/mol. The van der Waals surface area contributed by atoms with Crippen LogP contribution in [0.25, 0.3) is 0 Å². The summed E-state index contributed by atoms with van der Waals surface area (Å²) >= 11 is 1.10. The standard InChI is InChI=1S/C19H17F3N2O3S/c1-27-12-5-4-6-13(9-12)28-11-18(26)24-15-8-3-2-7-14(15)23-17(25)10-16(24)19(20,21)22/h2-9,16H,10-11H2,1H3,(H,23,25). The van der Waals surface area contributed by atoms with Crippen LogP contribution in [0.2, 0.25) is 0 Å². The number of hydrogen-bond donors (Lipinski definition) is 1. The van der Waals surface area contributed by atoms with Gasteiger partial charge in [0.1, 0.15) is 11.8 Å². The highest BCUT2D eigenvalue weighted by atomic mass is 32.2. The summed E-state index contributed by atoms with van der Waals surface area (Å²) in [5.74, 6) is -1.16. The van der Waals surface area contributed by atoms with Gasteiger partial charge in [0.2, 0.25) is 11.8 Å². The summed E-state index contributed by atoms with van der Waals surface area (Å²) in [5, 5.41) is 2.44. The summed E-state index contributed by atoms with van der Waals surface area (Å²) in [4.78, 5) is 26.2. The number of benzene rings is 2. The van der Waals surface area contributed by atoms with Crippen molar-refractivity contribution in [3.63, 3.8) is 0 Å². The second-order valence-electron chi connectivity index (χ2n) is 6.06. The van der Waals surface area contributed by atoms with E-state index in [-0.39, 0.29) is 17.1 Å². The largest absolute Gasteiger partial charge is 0.497 e. The first-order chi connectivity index (χ1) is 13.3. The van der Waals surface area contributed by atoms with E-state index in [0.717, 1.165) is 11.8 Å². The molecule has 0 aliphatic carbocycles. The smallest absolute Gasteiger partial charge is 0.409 e. The lowest BCUT2D eigenvalue weighted by Gasteiger charge is -2.31. The first-order valence-electron chi connectivity index (χ1n) is 8.34. The number of rotatable bonds is 4. The van der Waals surface area contributed by atoms with Crippen LogP contribution < -0.4 is 15.0 Å². The van der Waals surface area contributed by atoms with E-state index in [1.807, 2.05) is 0 Å². The number of nitrogens with one attached hydrogen (secondary N) is 1. The summed E-state index contributed by atoms with van der Waals surface area (Å²) in [6.45, 7) is 0. The summed E-state index contributed by atoms with van der Waals surface area (Å²) in [6, 6.07) is 10.6. The van der Waals surface area contributed by atoms with Gasteiger partial charge in [-0.15, -0.1) is 11.8 Å². The molecule has 2 aromatic carbocycles. The quantitative estimate of drug-likeness (QED) is 0.772. The topological polar surface area (TPSA) is 58.6 Å². The molecule has 0 radical (unpaired) electrons. The highest BCUT2D eigenvalue weighted by Crippen LogP contribution is 2.38. The van der Waals surface area contributed by atoms with E-state index < -0.39 is 30.5 Å². The van der Waals surface area contributed by atoms with E-state index in [0.29, 0.717) is 15.5 Å². The molecule has 1 aliphatic heterocycles. The first kappa shape index (κ1) is 20.1. The van der Waals surface area contributed by atoms with Crippen molar-refractivity contribution in [3.05, 3.63) is 48.5 Å². The Morgan fingerprint density at radius 1 is 1.25 bits per heavy atom. The van der Waals surface area contributed by atoms with Crippen molar-refractivity contribution in [2.45, 2.75) is 23.5 Å². The molecule has 1 heterocycles. The summed E-state index contributed by atoms with van der Waals surface area (Å²) in [6.07, 6.45) is -5.60. The zero-order valence-corrected chi connectivity index (χ0v) is 15.6. The molecule has 5 nitrogen and oxygen atoms in total. The molecule has 3 rings (SSSR count). The lowest BCUT2D eigenvalue weighted by molar-refractivity contribution is -0.157. The number of carbonyl (C=O) groups is 2. The summed E-state index contributed by atoms with van der Waals surface area (Å²) in [7, 11) is 1.50. The van der Waals surface area contributed by atoms with Gasteiger partial charge in [0.05, 0.1) is 30.7 Å². The van der Waals surface area contributed by atoms with Crippen molar-refractivity contribution in [1.82, 2.24) is 0 Å². The Labute approximate surface area is 163 Å². The van der Waals surface area contributed by atoms with E-state index in [9.17, 15) is 22.8 Å². The molecule has 1 aliphatic rings. The highest BCUT2D eigenvalue weighted by Gasteiger charge is 2.48. The molecule has 2 aromatic rings. The second-order valence-corrected chi connectivity index (χ2v) is 7.11. The van der Waals surface area contributed by atoms with Crippen molar-refractivity contribution in [1.29, 1.82) is 0 Å². The van der Waals surface area contributed by atoms with E-state index in [2.05, 4.69) is 5.32 Å². The van der Waals surface area contributed by atoms with Gasteiger partial charge in [-0.3, -0.25) is 14.5 Å². The van der Waals surface area contributed by atoms with Crippen LogP contribution >= 0.6 is 11.8 Å². The molecule has 148 valence electrons. The van der Waals surface area contributed by atoms with Crippen LogP contribution in [0.5, 0.6) is 5.75 Å². The third-order valence-electron chi connectivity index (χ3n) is 4.18. The van der Waals surface area contributed by atoms with Crippen molar-refractivity contribution < 1.29 is 27.5 Å². The number of alkyl halides is 3. The minimum Gasteiger partial charge on any atom is -0.497 e. The highest BCUT2D eigenvalue weighted by molar-refractivity contribution is 8.00. The number of halogens is 3. The van der Waals surface area contributed by atoms with Gasteiger partial charge in [-0.25, -0.2) is 0 Å². The number of methoxy groups -OCH3 is 1. The fraction of sp³-hybridized carbons (Fsp3) is 0.263. The van der Waals surface area contributed by atoms with Crippen LogP contribution in [-0.4, -0.2) is 36.9 Å². The number of fused-ring (bicyclic) bond motifs is 1. The van der Waals surface area contributed by atoms with Gasteiger partial charge >= 0.3 is 6.18 Å². The Balaban J connectivity index is 1.90. The second kappa shape index (κ2) is 8.14. The van der Waals surface area contributed by atoms with Gasteiger partial charge in [-0.1, -0.05) is 18.2 Å². The van der Waals surface area contributed by atoms with Crippen molar-refractivity contribution in [3.8, 4) is 5.75 Å². The monoisotopic (exact) mass is 410 g/mol. The van der Waals surface area contributed by atoms with Crippen molar-refractivity contribution in [2.75, 3.05) is 23.1 Å². The predicted octanol–water partition coefficient (Wildman–Crippen LogP) is 4.09. The van der Waals surface area contributed by atoms with Crippen LogP contribution in [-0.2, 0) is 9.59 Å². The van der Waals surface area contributed by atoms with Gasteiger partial charge in [0.25, 0.3) is 0 Å². The SMILES string of the molecule is COc1cccc(SCC(=O)N2c3ccccc3NC(=O)CC2C(F)(F)F)c1. The van der Waals surface area contributed by atoms with Crippen molar-refractivity contribution >= 4 is 35.0 Å². The molecule has 9 heteroatoms. The molecule has 0 aromatic heterocycles. The number of ether oxygens (including phenoxy) is 1. The number of carbonyl (C=O) groups excluding carboxylic acids is 2. The molecule has 0 saturated heterocycles. The Bertz CT molecular complexity index is 889. The zero-order valence-electron chi connectivity index (χ0n) is 14.8. The van der Waals surface area contributed by atoms with Gasteiger partial charge < -0.3 is 10.1 Å². The molecule has 0 spiro atoms. The van der Waals surface area contributed by atoms with Gasteiger partial charge in [0, 0.05) is 4.90 Å². The average Bonchev–Trinajstić information content (AvgIpc) is 2.82. The van der Waals surface area contributed by atoms with E-state index in [1.165, 1.54) is 25.3 Å². The number of anilines is 2. The molecule has 0 saturated carbocycles. The van der Waals surface area contributed by atoms with Gasteiger partial charge in [0.15, 0.2) is 0 Å². The first-order valence-corrected chi connectivity index (χ1v) is 9.32. The number of para-hydroxylation sites is 2. The average molecular weight is 410 g/mol. The molecule has 1 unspecified atom stereocenters. The maximum atomic E-state index is 13.7. The molecule has 28 heavy (non-hydrogen) atoms. The lowest BCUT2D eigenvalue weighted by Crippen LogP contribution is -2.50. The Hall–Kier alpha value is -2.68. The van der Waals surface area contributed by atoms with Crippen LogP contribution in [0.4, 0.5) is 24.5 Å². The summed E-state index contributed by atoms with van der Waals surface area (Å²) < 4.78 is 46.1.